The Balaban J connectivity index is 1.51. The maximum atomic E-state index is 2.68. The van der Waals surface area contributed by atoms with Crippen molar-refractivity contribution in [3.63, 3.8) is 0 Å². The van der Waals surface area contributed by atoms with E-state index in [9.17, 15) is 0 Å². The quantitative estimate of drug-likeness (QED) is 0.521. The van der Waals surface area contributed by atoms with Gasteiger partial charge in [0.15, 0.2) is 0 Å². The van der Waals surface area contributed by atoms with Crippen molar-refractivity contribution in [1.29, 1.82) is 0 Å². The molecular formula is C25H33N. The molecular weight excluding hydrogens is 314 g/mol. The van der Waals surface area contributed by atoms with E-state index >= 15 is 0 Å². The van der Waals surface area contributed by atoms with Crippen LogP contribution in [-0.4, -0.2) is 24.5 Å². The van der Waals surface area contributed by atoms with Crippen LogP contribution in [0.5, 0.6) is 0 Å². The van der Waals surface area contributed by atoms with E-state index in [0.29, 0.717) is 0 Å². The highest BCUT2D eigenvalue weighted by Crippen LogP contribution is 2.24. The number of nitrogens with zero attached hydrogens (tertiary/aromatic N) is 1. The minimum Gasteiger partial charge on any atom is -0.299 e. The van der Waals surface area contributed by atoms with Gasteiger partial charge in [0, 0.05) is 13.1 Å². The fourth-order valence-corrected chi connectivity index (χ4v) is 4.05. The molecule has 0 heterocycles. The van der Waals surface area contributed by atoms with Gasteiger partial charge < -0.3 is 0 Å². The monoisotopic (exact) mass is 347 g/mol. The van der Waals surface area contributed by atoms with Gasteiger partial charge in [-0.2, -0.15) is 0 Å². The van der Waals surface area contributed by atoms with Crippen LogP contribution in [-0.2, 0) is 6.42 Å². The first kappa shape index (κ1) is 18.9. The summed E-state index contributed by atoms with van der Waals surface area (Å²) in [6.45, 7) is 3.54. The second-order valence-corrected chi connectivity index (χ2v) is 7.67. The first-order valence-electron chi connectivity index (χ1n) is 10.4. The molecule has 26 heavy (non-hydrogen) atoms. The maximum Gasteiger partial charge on any atom is 0.0166 e. The van der Waals surface area contributed by atoms with Crippen molar-refractivity contribution in [2.24, 2.45) is 5.92 Å². The van der Waals surface area contributed by atoms with E-state index in [1.54, 1.807) is 0 Å². The van der Waals surface area contributed by atoms with E-state index in [-0.39, 0.29) is 0 Å². The van der Waals surface area contributed by atoms with Crippen LogP contribution in [0, 0.1) is 5.92 Å². The smallest absolute Gasteiger partial charge is 0.0166 e. The lowest BCUT2D eigenvalue weighted by Crippen LogP contribution is -2.32. The summed E-state index contributed by atoms with van der Waals surface area (Å²) in [7, 11) is 0. The Kier molecular flexibility index (Phi) is 7.99. The van der Waals surface area contributed by atoms with Crippen molar-refractivity contribution >= 4 is 6.08 Å². The zero-order chi connectivity index (χ0) is 17.9. The third kappa shape index (κ3) is 6.80. The third-order valence-electron chi connectivity index (χ3n) is 5.50. The summed E-state index contributed by atoms with van der Waals surface area (Å²) < 4.78 is 0. The SMILES string of the molecule is C(=Cc1ccccc1)CN(CCCc1ccccc1)CC1CCCCC1. The van der Waals surface area contributed by atoms with Crippen LogP contribution in [0.25, 0.3) is 6.08 Å². The average Bonchev–Trinajstić information content (AvgIpc) is 2.70. The number of hydrogen-bond acceptors (Lipinski definition) is 1. The van der Waals surface area contributed by atoms with Crippen LogP contribution in [0.2, 0.25) is 0 Å². The second kappa shape index (κ2) is 11.0. The molecule has 1 aliphatic rings. The molecule has 0 bridgehead atoms. The van der Waals surface area contributed by atoms with E-state index in [0.717, 1.165) is 12.5 Å². The highest BCUT2D eigenvalue weighted by atomic mass is 15.1. The maximum absolute atomic E-state index is 2.68. The number of hydrogen-bond donors (Lipinski definition) is 0. The van der Waals surface area contributed by atoms with Crippen LogP contribution in [0.3, 0.4) is 0 Å². The Bertz CT molecular complexity index is 626. The fraction of sp³-hybridized carbons (Fsp3) is 0.440. The molecule has 0 radical (unpaired) electrons. The van der Waals surface area contributed by atoms with Crippen molar-refractivity contribution in [2.75, 3.05) is 19.6 Å². The molecule has 0 N–H and O–H groups in total. The summed E-state index contributed by atoms with van der Waals surface area (Å²) in [6, 6.07) is 21.6. The molecule has 1 nitrogen and oxygen atoms in total. The zero-order valence-corrected chi connectivity index (χ0v) is 16.0. The van der Waals surface area contributed by atoms with E-state index < -0.39 is 0 Å². The third-order valence-corrected chi connectivity index (χ3v) is 5.50. The van der Waals surface area contributed by atoms with E-state index in [4.69, 9.17) is 0 Å². The summed E-state index contributed by atoms with van der Waals surface area (Å²) in [4.78, 5) is 2.68. The van der Waals surface area contributed by atoms with Crippen molar-refractivity contribution < 1.29 is 0 Å². The molecule has 0 aliphatic heterocycles. The number of benzene rings is 2. The minimum atomic E-state index is 0.908. The number of aryl methyl sites for hydroxylation is 1. The highest BCUT2D eigenvalue weighted by Gasteiger charge is 2.16. The second-order valence-electron chi connectivity index (χ2n) is 7.67. The van der Waals surface area contributed by atoms with Crippen molar-refractivity contribution in [2.45, 2.75) is 44.9 Å². The molecule has 1 fully saturated rings. The van der Waals surface area contributed by atoms with Gasteiger partial charge in [0.2, 0.25) is 0 Å². The molecule has 0 spiro atoms. The molecule has 2 aromatic carbocycles. The summed E-state index contributed by atoms with van der Waals surface area (Å²) in [5.41, 5.74) is 2.76. The summed E-state index contributed by atoms with van der Waals surface area (Å²) in [5, 5.41) is 0. The van der Waals surface area contributed by atoms with Crippen LogP contribution in [0.4, 0.5) is 0 Å². The molecule has 0 amide bonds. The Labute approximate surface area is 159 Å². The van der Waals surface area contributed by atoms with Crippen LogP contribution < -0.4 is 0 Å². The molecule has 0 atom stereocenters. The molecule has 3 rings (SSSR count). The molecule has 0 aromatic heterocycles. The molecule has 0 saturated heterocycles. The lowest BCUT2D eigenvalue weighted by atomic mass is 9.89. The molecule has 1 saturated carbocycles. The standard InChI is InChI=1S/C25H33N/c1-4-12-23(13-5-1)18-10-20-26(22-25-16-8-3-9-17-25)21-11-19-24-14-6-2-7-15-24/h1-2,4-7,10,12-15,18,25H,3,8-9,11,16-17,19-22H2. The highest BCUT2D eigenvalue weighted by molar-refractivity contribution is 5.48. The van der Waals surface area contributed by atoms with Gasteiger partial charge in [-0.25, -0.2) is 0 Å². The Morgan fingerprint density at radius 1 is 0.846 bits per heavy atom. The lowest BCUT2D eigenvalue weighted by molar-refractivity contribution is 0.215. The van der Waals surface area contributed by atoms with E-state index in [1.165, 1.54) is 69.2 Å². The van der Waals surface area contributed by atoms with Gasteiger partial charge in [-0.1, -0.05) is 92.1 Å². The summed E-state index contributed by atoms with van der Waals surface area (Å²) in [5.74, 6) is 0.908. The first-order chi connectivity index (χ1) is 12.9. The lowest BCUT2D eigenvalue weighted by Gasteiger charge is -2.29. The van der Waals surface area contributed by atoms with Gasteiger partial charge >= 0.3 is 0 Å². The summed E-state index contributed by atoms with van der Waals surface area (Å²) in [6.07, 6.45) is 14.2. The van der Waals surface area contributed by atoms with Gasteiger partial charge in [-0.15, -0.1) is 0 Å². The largest absolute Gasteiger partial charge is 0.299 e. The minimum absolute atomic E-state index is 0.908. The normalized spacial score (nSPS) is 15.7. The summed E-state index contributed by atoms with van der Waals surface area (Å²) >= 11 is 0. The number of rotatable bonds is 9. The predicted molar refractivity (Wildman–Crippen MR) is 113 cm³/mol. The van der Waals surface area contributed by atoms with E-state index in [2.05, 4.69) is 77.7 Å². The zero-order valence-electron chi connectivity index (χ0n) is 16.0. The van der Waals surface area contributed by atoms with E-state index in [1.807, 2.05) is 0 Å². The van der Waals surface area contributed by atoms with Gasteiger partial charge in [0.1, 0.15) is 0 Å². The molecule has 1 aliphatic carbocycles. The van der Waals surface area contributed by atoms with Crippen molar-refractivity contribution in [3.05, 3.63) is 77.9 Å². The van der Waals surface area contributed by atoms with Gasteiger partial charge in [0.05, 0.1) is 0 Å². The Hall–Kier alpha value is -1.86. The Morgan fingerprint density at radius 2 is 1.54 bits per heavy atom. The van der Waals surface area contributed by atoms with Gasteiger partial charge in [0.25, 0.3) is 0 Å². The van der Waals surface area contributed by atoms with Crippen molar-refractivity contribution in [3.8, 4) is 0 Å². The first-order valence-corrected chi connectivity index (χ1v) is 10.4. The fourth-order valence-electron chi connectivity index (χ4n) is 4.05. The molecule has 0 unspecified atom stereocenters. The molecule has 1 heteroatoms. The molecule has 138 valence electrons. The molecule has 2 aromatic rings. The van der Waals surface area contributed by atoms with Gasteiger partial charge in [-0.3, -0.25) is 4.90 Å². The Morgan fingerprint density at radius 3 is 2.27 bits per heavy atom. The predicted octanol–water partition coefficient (Wildman–Crippen LogP) is 6.21. The van der Waals surface area contributed by atoms with Crippen molar-refractivity contribution in [1.82, 2.24) is 4.90 Å². The van der Waals surface area contributed by atoms with Crippen LogP contribution >= 0.6 is 0 Å². The van der Waals surface area contributed by atoms with Crippen LogP contribution in [0.1, 0.15) is 49.7 Å². The van der Waals surface area contributed by atoms with Crippen LogP contribution in [0.15, 0.2) is 66.7 Å². The van der Waals surface area contributed by atoms with Gasteiger partial charge in [-0.05, 0) is 49.3 Å². The topological polar surface area (TPSA) is 3.24 Å². The average molecular weight is 348 g/mol.